The molecule has 0 bridgehead atoms. The van der Waals surface area contributed by atoms with Crippen molar-refractivity contribution in [2.24, 2.45) is 4.99 Å². The van der Waals surface area contributed by atoms with Crippen LogP contribution in [-0.4, -0.2) is 31.6 Å². The van der Waals surface area contributed by atoms with Gasteiger partial charge in [-0.2, -0.15) is 0 Å². The number of ether oxygens (including phenoxy) is 2. The van der Waals surface area contributed by atoms with Crippen LogP contribution in [0.2, 0.25) is 0 Å². The number of rotatable bonds is 5. The molecule has 1 aliphatic heterocycles. The van der Waals surface area contributed by atoms with Gasteiger partial charge in [0.2, 0.25) is 5.90 Å². The minimum absolute atomic E-state index is 0.161. The maximum atomic E-state index is 11.4. The van der Waals surface area contributed by atoms with Gasteiger partial charge in [-0.05, 0) is 35.8 Å². The Morgan fingerprint density at radius 1 is 1.17 bits per heavy atom. The first-order valence-corrected chi connectivity index (χ1v) is 7.85. The Labute approximate surface area is 141 Å². The van der Waals surface area contributed by atoms with Gasteiger partial charge in [0.25, 0.3) is 0 Å². The van der Waals surface area contributed by atoms with E-state index >= 15 is 0 Å². The van der Waals surface area contributed by atoms with Gasteiger partial charge in [0.05, 0.1) is 18.7 Å². The molecule has 0 saturated carbocycles. The van der Waals surface area contributed by atoms with Gasteiger partial charge in [-0.3, -0.25) is 0 Å². The van der Waals surface area contributed by atoms with E-state index in [-0.39, 0.29) is 12.0 Å². The van der Waals surface area contributed by atoms with E-state index in [0.29, 0.717) is 18.1 Å². The minimum Gasteiger partial charge on any atom is -0.476 e. The second-order valence-electron chi connectivity index (χ2n) is 5.57. The van der Waals surface area contributed by atoms with Crippen LogP contribution in [0.3, 0.4) is 0 Å². The van der Waals surface area contributed by atoms with Crippen molar-refractivity contribution in [1.29, 1.82) is 0 Å². The predicted octanol–water partition coefficient (Wildman–Crippen LogP) is 3.53. The summed E-state index contributed by atoms with van der Waals surface area (Å²) in [7, 11) is 1.37. The normalized spacial score (nSPS) is 16.7. The van der Waals surface area contributed by atoms with Crippen molar-refractivity contribution in [1.82, 2.24) is 0 Å². The van der Waals surface area contributed by atoms with Gasteiger partial charge in [0.1, 0.15) is 6.61 Å². The predicted molar refractivity (Wildman–Crippen MR) is 94.1 cm³/mol. The Hall–Kier alpha value is -2.88. The molecule has 0 radical (unpaired) electrons. The van der Waals surface area contributed by atoms with Gasteiger partial charge in [0, 0.05) is 6.08 Å². The molecule has 1 heterocycles. The van der Waals surface area contributed by atoms with E-state index in [1.54, 1.807) is 12.1 Å². The van der Waals surface area contributed by atoms with Crippen molar-refractivity contribution in [3.8, 4) is 0 Å². The quantitative estimate of drug-likeness (QED) is 0.792. The van der Waals surface area contributed by atoms with Crippen LogP contribution in [0.5, 0.6) is 0 Å². The highest BCUT2D eigenvalue weighted by atomic mass is 16.5. The van der Waals surface area contributed by atoms with Gasteiger partial charge in [-0.25, -0.2) is 9.79 Å². The average molecular weight is 321 g/mol. The zero-order valence-electron chi connectivity index (χ0n) is 13.5. The summed E-state index contributed by atoms with van der Waals surface area (Å²) in [6.45, 7) is 0.607. The summed E-state index contributed by atoms with van der Waals surface area (Å²) >= 11 is 0. The molecule has 0 aromatic heterocycles. The number of esters is 1. The second-order valence-corrected chi connectivity index (χ2v) is 5.57. The highest BCUT2D eigenvalue weighted by molar-refractivity contribution is 5.93. The summed E-state index contributed by atoms with van der Waals surface area (Å²) in [6.07, 6.45) is 4.66. The summed E-state index contributed by atoms with van der Waals surface area (Å²) in [6, 6.07) is 17.6. The molecule has 0 aliphatic carbocycles. The molecule has 2 aromatic carbocycles. The smallest absolute Gasteiger partial charge is 0.337 e. The number of aliphatic imine (C=N–C) groups is 1. The molecule has 3 rings (SSSR count). The van der Waals surface area contributed by atoms with Crippen LogP contribution >= 0.6 is 0 Å². The first-order valence-electron chi connectivity index (χ1n) is 7.85. The lowest BCUT2D eigenvalue weighted by Crippen LogP contribution is -2.09. The molecule has 2 aromatic rings. The Bertz CT molecular complexity index is 748. The highest BCUT2D eigenvalue weighted by Gasteiger charge is 2.17. The third-order valence-corrected chi connectivity index (χ3v) is 3.80. The number of methoxy groups -OCH3 is 1. The third-order valence-electron chi connectivity index (χ3n) is 3.80. The molecule has 0 amide bonds. The Morgan fingerprint density at radius 2 is 1.92 bits per heavy atom. The average Bonchev–Trinajstić information content (AvgIpc) is 3.08. The Balaban J connectivity index is 1.60. The summed E-state index contributed by atoms with van der Waals surface area (Å²) in [5.41, 5.74) is 2.77. The van der Waals surface area contributed by atoms with Crippen LogP contribution in [-0.2, 0) is 15.9 Å². The monoisotopic (exact) mass is 321 g/mol. The highest BCUT2D eigenvalue weighted by Crippen LogP contribution is 2.13. The van der Waals surface area contributed by atoms with Crippen molar-refractivity contribution in [2.75, 3.05) is 13.7 Å². The summed E-state index contributed by atoms with van der Waals surface area (Å²) in [4.78, 5) is 16.0. The number of nitrogens with zero attached hydrogens (tertiary/aromatic N) is 1. The molecule has 4 heteroatoms. The lowest BCUT2D eigenvalue weighted by molar-refractivity contribution is 0.0600. The Morgan fingerprint density at radius 3 is 2.62 bits per heavy atom. The van der Waals surface area contributed by atoms with Crippen molar-refractivity contribution in [2.45, 2.75) is 12.5 Å². The molecule has 0 N–H and O–H groups in total. The topological polar surface area (TPSA) is 47.9 Å². The van der Waals surface area contributed by atoms with Crippen molar-refractivity contribution >= 4 is 17.9 Å². The molecule has 4 nitrogen and oxygen atoms in total. The van der Waals surface area contributed by atoms with E-state index in [1.165, 1.54) is 12.7 Å². The second kappa shape index (κ2) is 7.59. The standard InChI is InChI=1S/C20H19NO3/c1-23-20(22)17-10-7-15(8-11-17)9-12-19-21-18(14-24-19)13-16-5-3-2-4-6-16/h2-12,18H,13-14H2,1H3/b12-9+/t18-/m0/s1. The first kappa shape index (κ1) is 16.0. The van der Waals surface area contributed by atoms with E-state index in [0.717, 1.165) is 12.0 Å². The zero-order valence-corrected chi connectivity index (χ0v) is 13.5. The lowest BCUT2D eigenvalue weighted by Gasteiger charge is -2.03. The molecule has 0 fully saturated rings. The molecule has 1 aliphatic rings. The van der Waals surface area contributed by atoms with Gasteiger partial charge in [-0.1, -0.05) is 42.5 Å². The molecule has 0 saturated heterocycles. The third kappa shape index (κ3) is 4.10. The van der Waals surface area contributed by atoms with Gasteiger partial charge in [0.15, 0.2) is 0 Å². The van der Waals surface area contributed by atoms with Crippen LogP contribution in [0.15, 0.2) is 65.7 Å². The van der Waals surface area contributed by atoms with Gasteiger partial charge in [-0.15, -0.1) is 0 Å². The maximum Gasteiger partial charge on any atom is 0.337 e. The number of carbonyl (C=O) groups excluding carboxylic acids is 1. The fourth-order valence-electron chi connectivity index (χ4n) is 2.53. The minimum atomic E-state index is -0.335. The summed E-state index contributed by atoms with van der Waals surface area (Å²) in [5.74, 6) is 0.311. The van der Waals surface area contributed by atoms with E-state index in [1.807, 2.05) is 42.5 Å². The van der Waals surface area contributed by atoms with Gasteiger partial charge < -0.3 is 9.47 Å². The fourth-order valence-corrected chi connectivity index (χ4v) is 2.53. The molecular weight excluding hydrogens is 302 g/mol. The van der Waals surface area contributed by atoms with Crippen LogP contribution in [0.1, 0.15) is 21.5 Å². The lowest BCUT2D eigenvalue weighted by atomic mass is 10.1. The summed E-state index contributed by atoms with van der Waals surface area (Å²) in [5, 5.41) is 0. The van der Waals surface area contributed by atoms with Crippen molar-refractivity contribution < 1.29 is 14.3 Å². The molecule has 24 heavy (non-hydrogen) atoms. The number of hydrogen-bond donors (Lipinski definition) is 0. The molecule has 1 atom stereocenters. The van der Waals surface area contributed by atoms with E-state index in [2.05, 4.69) is 21.9 Å². The zero-order chi connectivity index (χ0) is 16.8. The van der Waals surface area contributed by atoms with Crippen LogP contribution in [0, 0.1) is 0 Å². The molecule has 122 valence electrons. The number of carbonyl (C=O) groups is 1. The number of benzene rings is 2. The van der Waals surface area contributed by atoms with Crippen LogP contribution in [0.25, 0.3) is 6.08 Å². The summed E-state index contributed by atoms with van der Waals surface area (Å²) < 4.78 is 10.3. The first-order chi connectivity index (χ1) is 11.7. The number of hydrogen-bond acceptors (Lipinski definition) is 4. The largest absolute Gasteiger partial charge is 0.476 e. The fraction of sp³-hybridized carbons (Fsp3) is 0.200. The Kier molecular flexibility index (Phi) is 5.06. The maximum absolute atomic E-state index is 11.4. The van der Waals surface area contributed by atoms with E-state index < -0.39 is 0 Å². The molecule has 0 spiro atoms. The van der Waals surface area contributed by atoms with Crippen LogP contribution in [0.4, 0.5) is 0 Å². The van der Waals surface area contributed by atoms with Gasteiger partial charge >= 0.3 is 5.97 Å². The van der Waals surface area contributed by atoms with Crippen LogP contribution < -0.4 is 0 Å². The molecular formula is C20H19NO3. The van der Waals surface area contributed by atoms with E-state index in [9.17, 15) is 4.79 Å². The molecule has 0 unspecified atom stereocenters. The SMILES string of the molecule is COC(=O)c1ccc(/C=C/C2=N[C@@H](Cc3ccccc3)CO2)cc1. The van der Waals surface area contributed by atoms with Crippen molar-refractivity contribution in [3.05, 3.63) is 77.4 Å². The van der Waals surface area contributed by atoms with E-state index in [4.69, 9.17) is 4.74 Å². The van der Waals surface area contributed by atoms with Crippen molar-refractivity contribution in [3.63, 3.8) is 0 Å².